The van der Waals surface area contributed by atoms with Gasteiger partial charge in [-0.15, -0.1) is 0 Å². The second kappa shape index (κ2) is 3.77. The van der Waals surface area contributed by atoms with Crippen LogP contribution in [0.1, 0.15) is 5.56 Å². The molecule has 0 N–H and O–H groups in total. The Balaban J connectivity index is 2.18. The number of rotatable bonds is 1. The van der Waals surface area contributed by atoms with Crippen molar-refractivity contribution in [3.05, 3.63) is 54.4 Å². The van der Waals surface area contributed by atoms with Gasteiger partial charge in [-0.3, -0.25) is 0 Å². The zero-order chi connectivity index (χ0) is 11.8. The van der Waals surface area contributed by atoms with E-state index in [9.17, 15) is 0 Å². The number of pyridine rings is 1. The maximum atomic E-state index is 5.89. The first kappa shape index (κ1) is 10.1. The van der Waals surface area contributed by atoms with Crippen molar-refractivity contribution in [2.45, 2.75) is 6.92 Å². The summed E-state index contributed by atoms with van der Waals surface area (Å²) >= 11 is 0. The number of hydrogen-bond acceptors (Lipinski definition) is 1. The Morgan fingerprint density at radius 1 is 1.12 bits per heavy atom. The summed E-state index contributed by atoms with van der Waals surface area (Å²) in [5.41, 5.74) is 4.81. The molecule has 3 aromatic rings. The highest BCUT2D eigenvalue weighted by molar-refractivity contribution is 6.36. The Morgan fingerprint density at radius 3 is 2.59 bits per heavy atom. The average molecular weight is 218 g/mol. The zero-order valence-corrected chi connectivity index (χ0v) is 9.59. The first-order chi connectivity index (χ1) is 8.24. The molecule has 0 saturated heterocycles. The Hall–Kier alpha value is -2.03. The molecule has 2 nitrogen and oxygen atoms in total. The molecular formula is C14H11BN2. The molecule has 0 spiro atoms. The number of fused-ring (bicyclic) bond motifs is 1. The minimum atomic E-state index is 0.700. The fourth-order valence-electron chi connectivity index (χ4n) is 1.90. The van der Waals surface area contributed by atoms with Gasteiger partial charge in [0.15, 0.2) is 0 Å². The van der Waals surface area contributed by atoms with E-state index in [0.717, 1.165) is 16.9 Å². The normalized spacial score (nSPS) is 10.9. The van der Waals surface area contributed by atoms with Gasteiger partial charge in [-0.1, -0.05) is 41.4 Å². The van der Waals surface area contributed by atoms with Crippen LogP contribution in [0.15, 0.2) is 48.8 Å². The van der Waals surface area contributed by atoms with Crippen LogP contribution in [0.4, 0.5) is 0 Å². The molecule has 17 heavy (non-hydrogen) atoms. The van der Waals surface area contributed by atoms with E-state index in [4.69, 9.17) is 7.85 Å². The van der Waals surface area contributed by atoms with Crippen molar-refractivity contribution in [2.75, 3.05) is 0 Å². The van der Waals surface area contributed by atoms with Gasteiger partial charge in [-0.2, -0.15) is 0 Å². The topological polar surface area (TPSA) is 17.3 Å². The fourth-order valence-corrected chi connectivity index (χ4v) is 1.90. The van der Waals surface area contributed by atoms with Crippen LogP contribution < -0.4 is 5.46 Å². The summed E-state index contributed by atoms with van der Waals surface area (Å²) in [6, 6.07) is 12.1. The van der Waals surface area contributed by atoms with E-state index in [1.165, 1.54) is 5.56 Å². The molecule has 0 atom stereocenters. The predicted octanol–water partition coefficient (Wildman–Crippen LogP) is 2.10. The third-order valence-electron chi connectivity index (χ3n) is 2.86. The summed E-state index contributed by atoms with van der Waals surface area (Å²) < 4.78 is 1.95. The lowest BCUT2D eigenvalue weighted by atomic mass is 9.98. The van der Waals surface area contributed by atoms with Gasteiger partial charge in [0.05, 0.1) is 5.69 Å². The molecule has 0 aliphatic rings. The first-order valence-electron chi connectivity index (χ1n) is 5.54. The van der Waals surface area contributed by atoms with Gasteiger partial charge in [-0.25, -0.2) is 4.98 Å². The summed E-state index contributed by atoms with van der Waals surface area (Å²) in [6.45, 7) is 2.07. The molecule has 0 saturated carbocycles. The molecule has 0 unspecified atom stereocenters. The summed E-state index contributed by atoms with van der Waals surface area (Å²) in [4.78, 5) is 4.55. The van der Waals surface area contributed by atoms with E-state index in [0.29, 0.717) is 5.46 Å². The number of nitrogens with zero attached hydrogens (tertiary/aromatic N) is 2. The number of aryl methyl sites for hydroxylation is 1. The van der Waals surface area contributed by atoms with Gasteiger partial charge in [0.1, 0.15) is 13.5 Å². The standard InChI is InChI=1S/C14H11BN2/c1-10-4-6-11(7-5-10)13-9-17-8-2-3-12(15)14(17)16-13/h2-9H,1H3. The number of benzene rings is 1. The molecule has 2 radical (unpaired) electrons. The van der Waals surface area contributed by atoms with Gasteiger partial charge < -0.3 is 4.40 Å². The summed E-state index contributed by atoms with van der Waals surface area (Å²) in [6.07, 6.45) is 3.95. The second-order valence-electron chi connectivity index (χ2n) is 4.19. The van der Waals surface area contributed by atoms with Crippen LogP contribution in [0, 0.1) is 6.92 Å². The van der Waals surface area contributed by atoms with Crippen molar-refractivity contribution < 1.29 is 0 Å². The molecule has 3 heteroatoms. The van der Waals surface area contributed by atoms with E-state index >= 15 is 0 Å². The van der Waals surface area contributed by atoms with Crippen LogP contribution in [-0.2, 0) is 0 Å². The van der Waals surface area contributed by atoms with Gasteiger partial charge in [0.2, 0.25) is 0 Å². The van der Waals surface area contributed by atoms with E-state index in [1.54, 1.807) is 0 Å². The van der Waals surface area contributed by atoms with Crippen molar-refractivity contribution in [1.82, 2.24) is 9.38 Å². The maximum absolute atomic E-state index is 5.89. The molecule has 0 aliphatic carbocycles. The van der Waals surface area contributed by atoms with Crippen LogP contribution in [0.25, 0.3) is 16.9 Å². The smallest absolute Gasteiger partial charge is 0.130 e. The van der Waals surface area contributed by atoms with Crippen molar-refractivity contribution in [3.8, 4) is 11.3 Å². The quantitative estimate of drug-likeness (QED) is 0.571. The molecule has 0 amide bonds. The lowest BCUT2D eigenvalue weighted by Crippen LogP contribution is -2.06. The summed E-state index contributed by atoms with van der Waals surface area (Å²) in [5.74, 6) is 0. The third kappa shape index (κ3) is 1.74. The lowest BCUT2D eigenvalue weighted by Gasteiger charge is -1.96. The summed E-state index contributed by atoms with van der Waals surface area (Å²) in [5, 5.41) is 0. The van der Waals surface area contributed by atoms with Gasteiger partial charge in [-0.05, 0) is 13.0 Å². The van der Waals surface area contributed by atoms with E-state index in [2.05, 4.69) is 36.2 Å². The number of aromatic nitrogens is 2. The zero-order valence-electron chi connectivity index (χ0n) is 9.59. The Morgan fingerprint density at radius 2 is 1.88 bits per heavy atom. The number of imidazole rings is 1. The van der Waals surface area contributed by atoms with Gasteiger partial charge in [0.25, 0.3) is 0 Å². The maximum Gasteiger partial charge on any atom is 0.130 e. The van der Waals surface area contributed by atoms with Crippen LogP contribution >= 0.6 is 0 Å². The number of hydrogen-bond donors (Lipinski definition) is 0. The molecule has 0 aliphatic heterocycles. The minimum absolute atomic E-state index is 0.700. The molecule has 1 aromatic carbocycles. The molecule has 0 fully saturated rings. The molecular weight excluding hydrogens is 207 g/mol. The average Bonchev–Trinajstić information content (AvgIpc) is 2.75. The van der Waals surface area contributed by atoms with E-state index in [-0.39, 0.29) is 0 Å². The minimum Gasteiger partial charge on any atom is -0.307 e. The molecule has 2 heterocycles. The highest BCUT2D eigenvalue weighted by Crippen LogP contribution is 2.18. The van der Waals surface area contributed by atoms with Gasteiger partial charge >= 0.3 is 0 Å². The Kier molecular flexibility index (Phi) is 2.25. The molecule has 0 bridgehead atoms. The largest absolute Gasteiger partial charge is 0.307 e. The fraction of sp³-hybridized carbons (Fsp3) is 0.0714. The molecule has 3 rings (SSSR count). The Labute approximate surface area is 101 Å². The Bertz CT molecular complexity index is 668. The highest BCUT2D eigenvalue weighted by Gasteiger charge is 2.04. The van der Waals surface area contributed by atoms with E-state index in [1.807, 2.05) is 28.9 Å². The highest BCUT2D eigenvalue weighted by atomic mass is 15.0. The first-order valence-corrected chi connectivity index (χ1v) is 5.54. The second-order valence-corrected chi connectivity index (χ2v) is 4.19. The molecule has 80 valence electrons. The predicted molar refractivity (Wildman–Crippen MR) is 70.8 cm³/mol. The third-order valence-corrected chi connectivity index (χ3v) is 2.86. The SMILES string of the molecule is [B]c1cccn2cc(-c3ccc(C)cc3)nc12. The van der Waals surface area contributed by atoms with Gasteiger partial charge in [0, 0.05) is 18.0 Å². The van der Waals surface area contributed by atoms with Crippen LogP contribution in [0.3, 0.4) is 0 Å². The van der Waals surface area contributed by atoms with Crippen molar-refractivity contribution in [2.24, 2.45) is 0 Å². The summed E-state index contributed by atoms with van der Waals surface area (Å²) in [7, 11) is 5.89. The van der Waals surface area contributed by atoms with Crippen LogP contribution in [0.5, 0.6) is 0 Å². The van der Waals surface area contributed by atoms with Crippen molar-refractivity contribution in [1.29, 1.82) is 0 Å². The lowest BCUT2D eigenvalue weighted by molar-refractivity contribution is 1.20. The van der Waals surface area contributed by atoms with Crippen molar-refractivity contribution in [3.63, 3.8) is 0 Å². The monoisotopic (exact) mass is 218 g/mol. The van der Waals surface area contributed by atoms with E-state index < -0.39 is 0 Å². The van der Waals surface area contributed by atoms with Crippen LogP contribution in [-0.4, -0.2) is 17.2 Å². The van der Waals surface area contributed by atoms with Crippen molar-refractivity contribution >= 4 is 19.0 Å². The van der Waals surface area contributed by atoms with Crippen LogP contribution in [0.2, 0.25) is 0 Å². The molecule has 2 aromatic heterocycles.